The van der Waals surface area contributed by atoms with Gasteiger partial charge in [-0.15, -0.1) is 0 Å². The van der Waals surface area contributed by atoms with E-state index in [0.717, 1.165) is 6.07 Å². The fourth-order valence-electron chi connectivity index (χ4n) is 1.29. The van der Waals surface area contributed by atoms with Gasteiger partial charge < -0.3 is 0 Å². The van der Waals surface area contributed by atoms with Gasteiger partial charge in [0.25, 0.3) is 11.1 Å². The highest BCUT2D eigenvalue weighted by Crippen LogP contribution is 2.13. The molecule has 2 rings (SSSR count). The van der Waals surface area contributed by atoms with Crippen LogP contribution in [0.25, 0.3) is 11.1 Å². The van der Waals surface area contributed by atoms with Gasteiger partial charge >= 0.3 is 0 Å². The van der Waals surface area contributed by atoms with E-state index in [4.69, 9.17) is 0 Å². The van der Waals surface area contributed by atoms with Gasteiger partial charge in [0.1, 0.15) is 5.82 Å². The zero-order chi connectivity index (χ0) is 10.8. The Hall–Kier alpha value is -2.17. The molecule has 0 aliphatic rings. The number of nitrogens with one attached hydrogen (secondary N) is 2. The van der Waals surface area contributed by atoms with E-state index in [1.165, 1.54) is 18.2 Å². The molecule has 5 heteroatoms. The summed E-state index contributed by atoms with van der Waals surface area (Å²) in [6.45, 7) is 0. The van der Waals surface area contributed by atoms with Crippen molar-refractivity contribution in [3.8, 4) is 11.1 Å². The number of aromatic nitrogens is 2. The van der Waals surface area contributed by atoms with E-state index in [1.54, 1.807) is 6.07 Å². The van der Waals surface area contributed by atoms with Crippen molar-refractivity contribution in [2.24, 2.45) is 0 Å². The van der Waals surface area contributed by atoms with Gasteiger partial charge in [-0.25, -0.2) is 4.39 Å². The Morgan fingerprint density at radius 3 is 2.60 bits per heavy atom. The maximum atomic E-state index is 12.9. The molecule has 76 valence electrons. The SMILES string of the molecule is O=c1cc(-c2cccc(F)c2)c(=O)[nH][nH]1. The van der Waals surface area contributed by atoms with E-state index >= 15 is 0 Å². The van der Waals surface area contributed by atoms with Crippen LogP contribution in [0.5, 0.6) is 0 Å². The minimum Gasteiger partial charge on any atom is -0.268 e. The molecule has 0 unspecified atom stereocenters. The summed E-state index contributed by atoms with van der Waals surface area (Å²) in [6, 6.07) is 6.64. The molecule has 0 atom stereocenters. The van der Waals surface area contributed by atoms with Crippen LogP contribution in [0, 0.1) is 5.82 Å². The van der Waals surface area contributed by atoms with Crippen molar-refractivity contribution in [1.82, 2.24) is 10.2 Å². The normalized spacial score (nSPS) is 10.2. The molecule has 1 aromatic heterocycles. The van der Waals surface area contributed by atoms with E-state index in [1.807, 2.05) is 0 Å². The standard InChI is InChI=1S/C10H7FN2O2/c11-7-3-1-2-6(4-7)8-5-9(14)12-13-10(8)15/h1-5H,(H,12,14)(H,13,15). The van der Waals surface area contributed by atoms with Gasteiger partial charge in [-0.05, 0) is 17.7 Å². The number of rotatable bonds is 1. The summed E-state index contributed by atoms with van der Waals surface area (Å²) < 4.78 is 12.9. The first-order valence-corrected chi connectivity index (χ1v) is 4.25. The number of aromatic amines is 2. The van der Waals surface area contributed by atoms with Crippen molar-refractivity contribution in [3.05, 3.63) is 56.9 Å². The molecule has 0 fully saturated rings. The summed E-state index contributed by atoms with van der Waals surface area (Å²) >= 11 is 0. The van der Waals surface area contributed by atoms with Gasteiger partial charge in [0.15, 0.2) is 0 Å². The molecule has 2 N–H and O–H groups in total. The van der Waals surface area contributed by atoms with Crippen LogP contribution in [-0.2, 0) is 0 Å². The first-order chi connectivity index (χ1) is 7.16. The quantitative estimate of drug-likeness (QED) is 0.727. The Labute approximate surface area is 83.4 Å². The highest BCUT2D eigenvalue weighted by molar-refractivity contribution is 5.61. The Morgan fingerprint density at radius 1 is 1.07 bits per heavy atom. The maximum Gasteiger partial charge on any atom is 0.270 e. The molecule has 4 nitrogen and oxygen atoms in total. The molecule has 0 radical (unpaired) electrons. The molecule has 0 bridgehead atoms. The van der Waals surface area contributed by atoms with Crippen LogP contribution in [0.3, 0.4) is 0 Å². The lowest BCUT2D eigenvalue weighted by Crippen LogP contribution is -2.19. The van der Waals surface area contributed by atoms with E-state index in [2.05, 4.69) is 10.2 Å². The van der Waals surface area contributed by atoms with Crippen molar-refractivity contribution in [1.29, 1.82) is 0 Å². The van der Waals surface area contributed by atoms with Crippen molar-refractivity contribution < 1.29 is 4.39 Å². The van der Waals surface area contributed by atoms with Crippen molar-refractivity contribution in [2.75, 3.05) is 0 Å². The fourth-order valence-corrected chi connectivity index (χ4v) is 1.29. The topological polar surface area (TPSA) is 65.7 Å². The smallest absolute Gasteiger partial charge is 0.268 e. The predicted molar refractivity (Wildman–Crippen MR) is 53.1 cm³/mol. The summed E-state index contributed by atoms with van der Waals surface area (Å²) in [6.07, 6.45) is 0. The summed E-state index contributed by atoms with van der Waals surface area (Å²) in [5.74, 6) is -0.452. The van der Waals surface area contributed by atoms with Gasteiger partial charge in [-0.2, -0.15) is 0 Å². The Balaban J connectivity index is 2.69. The highest BCUT2D eigenvalue weighted by atomic mass is 19.1. The lowest BCUT2D eigenvalue weighted by molar-refractivity contribution is 0.628. The second-order valence-corrected chi connectivity index (χ2v) is 3.01. The summed E-state index contributed by atoms with van der Waals surface area (Å²) in [4.78, 5) is 22.3. The van der Waals surface area contributed by atoms with Gasteiger partial charge in [0, 0.05) is 6.07 Å². The zero-order valence-corrected chi connectivity index (χ0v) is 7.58. The number of H-pyrrole nitrogens is 2. The zero-order valence-electron chi connectivity index (χ0n) is 7.58. The average molecular weight is 206 g/mol. The second kappa shape index (κ2) is 3.53. The van der Waals surface area contributed by atoms with Crippen molar-refractivity contribution in [3.63, 3.8) is 0 Å². The number of hydrogen-bond acceptors (Lipinski definition) is 2. The molecule has 0 amide bonds. The van der Waals surface area contributed by atoms with Crippen molar-refractivity contribution >= 4 is 0 Å². The van der Waals surface area contributed by atoms with E-state index in [0.29, 0.717) is 5.56 Å². The van der Waals surface area contributed by atoms with Gasteiger partial charge in [0.05, 0.1) is 5.56 Å². The van der Waals surface area contributed by atoms with E-state index in [-0.39, 0.29) is 5.56 Å². The van der Waals surface area contributed by atoms with Crippen LogP contribution >= 0.6 is 0 Å². The predicted octanol–water partition coefficient (Wildman–Crippen LogP) is 0.869. The molecule has 0 saturated heterocycles. The lowest BCUT2D eigenvalue weighted by Gasteiger charge is -1.98. The first-order valence-electron chi connectivity index (χ1n) is 4.25. The maximum absolute atomic E-state index is 12.9. The van der Waals surface area contributed by atoms with Gasteiger partial charge in [-0.3, -0.25) is 19.8 Å². The molecule has 1 heterocycles. The second-order valence-electron chi connectivity index (χ2n) is 3.01. The Morgan fingerprint density at radius 2 is 1.87 bits per heavy atom. The highest BCUT2D eigenvalue weighted by Gasteiger charge is 2.04. The Kier molecular flexibility index (Phi) is 2.21. The number of hydrogen-bond donors (Lipinski definition) is 2. The van der Waals surface area contributed by atoms with Crippen LogP contribution in [0.2, 0.25) is 0 Å². The molecule has 0 saturated carbocycles. The molecular formula is C10H7FN2O2. The fraction of sp³-hybridized carbons (Fsp3) is 0. The molecule has 0 aliphatic heterocycles. The third kappa shape index (κ3) is 1.85. The minimum absolute atomic E-state index is 0.151. The molecular weight excluding hydrogens is 199 g/mol. The minimum atomic E-state index is -0.458. The van der Waals surface area contributed by atoms with Crippen LogP contribution in [0.15, 0.2) is 39.9 Å². The summed E-state index contributed by atoms with van der Waals surface area (Å²) in [5, 5.41) is 4.31. The third-order valence-electron chi connectivity index (χ3n) is 1.95. The van der Waals surface area contributed by atoms with Gasteiger partial charge in [-0.1, -0.05) is 12.1 Å². The molecule has 0 aliphatic carbocycles. The molecule has 15 heavy (non-hydrogen) atoms. The largest absolute Gasteiger partial charge is 0.270 e. The third-order valence-corrected chi connectivity index (χ3v) is 1.95. The van der Waals surface area contributed by atoms with E-state index in [9.17, 15) is 14.0 Å². The van der Waals surface area contributed by atoms with Crippen LogP contribution < -0.4 is 11.1 Å². The number of halogens is 1. The number of benzene rings is 1. The first kappa shape index (κ1) is 9.39. The Bertz CT molecular complexity index is 601. The van der Waals surface area contributed by atoms with Crippen LogP contribution in [0.4, 0.5) is 4.39 Å². The lowest BCUT2D eigenvalue weighted by atomic mass is 10.1. The monoisotopic (exact) mass is 206 g/mol. The van der Waals surface area contributed by atoms with Gasteiger partial charge in [0.2, 0.25) is 0 Å². The van der Waals surface area contributed by atoms with Crippen LogP contribution in [-0.4, -0.2) is 10.2 Å². The van der Waals surface area contributed by atoms with Crippen molar-refractivity contribution in [2.45, 2.75) is 0 Å². The summed E-state index contributed by atoms with van der Waals surface area (Å²) in [5.41, 5.74) is -0.366. The van der Waals surface area contributed by atoms with E-state index < -0.39 is 16.9 Å². The molecule has 1 aromatic carbocycles. The molecule has 2 aromatic rings. The molecule has 0 spiro atoms. The average Bonchev–Trinajstić information content (AvgIpc) is 2.22. The summed E-state index contributed by atoms with van der Waals surface area (Å²) in [7, 11) is 0. The van der Waals surface area contributed by atoms with Crippen LogP contribution in [0.1, 0.15) is 0 Å².